The predicted molar refractivity (Wildman–Crippen MR) is 58.0 cm³/mol. The fraction of sp³-hybridized carbons (Fsp3) is 0.200. The van der Waals surface area contributed by atoms with E-state index < -0.39 is 22.1 Å². The van der Waals surface area contributed by atoms with Crippen LogP contribution in [0.3, 0.4) is 0 Å². The lowest BCUT2D eigenvalue weighted by atomic mass is 10.1. The van der Waals surface area contributed by atoms with Crippen LogP contribution in [0, 0.1) is 0 Å². The van der Waals surface area contributed by atoms with Crippen LogP contribution in [0.4, 0.5) is 0 Å². The molecule has 0 amide bonds. The number of carbonyl (C=O) groups is 2. The Morgan fingerprint density at radius 2 is 1.65 bits per heavy atom. The Hall–Kier alpha value is -1.89. The molecule has 92 valence electrons. The van der Waals surface area contributed by atoms with Crippen LogP contribution >= 0.6 is 0 Å². The third-order valence-electron chi connectivity index (χ3n) is 1.75. The maximum Gasteiger partial charge on any atom is 0.353 e. The predicted octanol–water partition coefficient (Wildman–Crippen LogP) is 0.590. The largest absolute Gasteiger partial charge is 0.465 e. The van der Waals surface area contributed by atoms with Gasteiger partial charge in [-0.05, 0) is 18.2 Å². The molecule has 0 atom stereocenters. The van der Waals surface area contributed by atoms with E-state index >= 15 is 0 Å². The van der Waals surface area contributed by atoms with Crippen molar-refractivity contribution in [2.45, 2.75) is 0 Å². The van der Waals surface area contributed by atoms with Gasteiger partial charge in [0, 0.05) is 0 Å². The summed E-state index contributed by atoms with van der Waals surface area (Å²) in [7, 11) is -2.68. The minimum atomic E-state index is -3.88. The fourth-order valence-electron chi connectivity index (χ4n) is 1.08. The van der Waals surface area contributed by atoms with Gasteiger partial charge in [-0.25, -0.2) is 9.59 Å². The Morgan fingerprint density at radius 1 is 1.12 bits per heavy atom. The van der Waals surface area contributed by atoms with Gasteiger partial charge in [0.25, 0.3) is 0 Å². The summed E-state index contributed by atoms with van der Waals surface area (Å²) in [5, 5.41) is 0. The van der Waals surface area contributed by atoms with Crippen molar-refractivity contribution in [2.75, 3.05) is 13.4 Å². The van der Waals surface area contributed by atoms with Gasteiger partial charge in [0.15, 0.2) is 0 Å². The maximum atomic E-state index is 11.4. The molecule has 0 aliphatic heterocycles. The molecule has 0 aliphatic carbocycles. The summed E-state index contributed by atoms with van der Waals surface area (Å²) in [6.45, 7) is 0. The van der Waals surface area contributed by atoms with Gasteiger partial charge in [0.1, 0.15) is 0 Å². The Balaban J connectivity index is 3.00. The lowest BCUT2D eigenvalue weighted by Crippen LogP contribution is -2.12. The van der Waals surface area contributed by atoms with Crippen LogP contribution in [0.25, 0.3) is 0 Å². The van der Waals surface area contributed by atoms with E-state index in [4.69, 9.17) is 0 Å². The van der Waals surface area contributed by atoms with E-state index in [1.807, 2.05) is 0 Å². The third kappa shape index (κ3) is 3.87. The molecule has 0 saturated heterocycles. The Morgan fingerprint density at radius 3 is 2.12 bits per heavy atom. The molecule has 0 spiro atoms. The minimum Gasteiger partial charge on any atom is -0.465 e. The highest BCUT2D eigenvalue weighted by Gasteiger charge is 2.15. The molecule has 0 radical (unpaired) electrons. The Labute approximate surface area is 98.3 Å². The molecule has 0 aliphatic rings. The van der Waals surface area contributed by atoms with Gasteiger partial charge < -0.3 is 8.92 Å². The lowest BCUT2D eigenvalue weighted by molar-refractivity contribution is 0.0600. The summed E-state index contributed by atoms with van der Waals surface area (Å²) in [6, 6.07) is 5.38. The average molecular weight is 258 g/mol. The molecule has 0 unspecified atom stereocenters. The van der Waals surface area contributed by atoms with Gasteiger partial charge >= 0.3 is 22.1 Å². The second-order valence-corrected chi connectivity index (χ2v) is 4.72. The van der Waals surface area contributed by atoms with Gasteiger partial charge in [0.05, 0.1) is 24.5 Å². The van der Waals surface area contributed by atoms with Gasteiger partial charge in [0.2, 0.25) is 0 Å². The van der Waals surface area contributed by atoms with E-state index in [2.05, 4.69) is 8.92 Å². The van der Waals surface area contributed by atoms with Gasteiger partial charge in [-0.3, -0.25) is 0 Å². The second-order valence-electron chi connectivity index (χ2n) is 3.15. The molecule has 1 aromatic rings. The zero-order chi connectivity index (χ0) is 13.1. The smallest absolute Gasteiger partial charge is 0.353 e. The highest BCUT2D eigenvalue weighted by atomic mass is 32.2. The van der Waals surface area contributed by atoms with Crippen LogP contribution in [-0.2, 0) is 19.0 Å². The number of carbonyl (C=O) groups excluding carboxylic acids is 2. The lowest BCUT2D eigenvalue weighted by Gasteiger charge is -2.03. The van der Waals surface area contributed by atoms with E-state index in [1.54, 1.807) is 0 Å². The molecule has 0 heterocycles. The van der Waals surface area contributed by atoms with Gasteiger partial charge in [-0.1, -0.05) is 6.07 Å². The van der Waals surface area contributed by atoms with Crippen LogP contribution in [0.5, 0.6) is 0 Å². The fourth-order valence-corrected chi connectivity index (χ4v) is 1.45. The first-order chi connectivity index (χ1) is 7.83. The van der Waals surface area contributed by atoms with Crippen LogP contribution in [0.2, 0.25) is 0 Å². The molecule has 0 aromatic heterocycles. The van der Waals surface area contributed by atoms with Crippen LogP contribution in [0.1, 0.15) is 20.7 Å². The summed E-state index contributed by atoms with van der Waals surface area (Å²) in [6.07, 6.45) is 0.759. The zero-order valence-electron chi connectivity index (χ0n) is 9.17. The SMILES string of the molecule is COC(=O)c1cccc(C(=O)OS(C)(=O)=O)c1. The van der Waals surface area contributed by atoms with E-state index in [-0.39, 0.29) is 11.1 Å². The monoisotopic (exact) mass is 258 g/mol. The first-order valence-electron chi connectivity index (χ1n) is 4.45. The molecular formula is C10H10O6S. The van der Waals surface area contributed by atoms with E-state index in [0.29, 0.717) is 0 Å². The molecule has 7 heteroatoms. The van der Waals surface area contributed by atoms with Crippen LogP contribution < -0.4 is 0 Å². The van der Waals surface area contributed by atoms with E-state index in [9.17, 15) is 18.0 Å². The molecule has 0 saturated carbocycles. The molecule has 17 heavy (non-hydrogen) atoms. The van der Waals surface area contributed by atoms with Crippen molar-refractivity contribution in [2.24, 2.45) is 0 Å². The number of hydrogen-bond donors (Lipinski definition) is 0. The van der Waals surface area contributed by atoms with Gasteiger partial charge in [-0.2, -0.15) is 8.42 Å². The number of methoxy groups -OCH3 is 1. The van der Waals surface area contributed by atoms with Crippen molar-refractivity contribution < 1.29 is 26.9 Å². The number of ether oxygens (including phenoxy) is 1. The highest BCUT2D eigenvalue weighted by molar-refractivity contribution is 7.86. The summed E-state index contributed by atoms with van der Waals surface area (Å²) in [5.74, 6) is -1.67. The van der Waals surface area contributed by atoms with Crippen molar-refractivity contribution in [3.8, 4) is 0 Å². The third-order valence-corrected chi connectivity index (χ3v) is 2.20. The normalized spacial score (nSPS) is 10.7. The van der Waals surface area contributed by atoms with Crippen molar-refractivity contribution in [1.82, 2.24) is 0 Å². The molecule has 6 nitrogen and oxygen atoms in total. The van der Waals surface area contributed by atoms with Crippen LogP contribution in [-0.4, -0.2) is 33.7 Å². The Bertz CT molecular complexity index is 546. The summed E-state index contributed by atoms with van der Waals surface area (Å²) >= 11 is 0. The molecule has 0 bridgehead atoms. The minimum absolute atomic E-state index is 0.0432. The second kappa shape index (κ2) is 4.96. The average Bonchev–Trinajstić information content (AvgIpc) is 2.26. The zero-order valence-corrected chi connectivity index (χ0v) is 9.98. The number of rotatable bonds is 3. The quantitative estimate of drug-likeness (QED) is 0.582. The van der Waals surface area contributed by atoms with Crippen molar-refractivity contribution in [3.63, 3.8) is 0 Å². The Kier molecular flexibility index (Phi) is 3.84. The van der Waals surface area contributed by atoms with E-state index in [1.165, 1.54) is 31.4 Å². The molecule has 1 rings (SSSR count). The molecule has 0 fully saturated rings. The standard InChI is InChI=1S/C10H10O6S/c1-15-9(11)7-4-3-5-8(6-7)10(12)16-17(2,13)14/h3-6H,1-2H3. The summed E-state index contributed by atoms with van der Waals surface area (Å²) in [5.41, 5.74) is 0.0915. The highest BCUT2D eigenvalue weighted by Crippen LogP contribution is 2.09. The summed E-state index contributed by atoms with van der Waals surface area (Å²) < 4.78 is 30.1. The maximum absolute atomic E-state index is 11.4. The van der Waals surface area contributed by atoms with Gasteiger partial charge in [-0.15, -0.1) is 0 Å². The molecular weight excluding hydrogens is 248 g/mol. The number of benzene rings is 1. The first-order valence-corrected chi connectivity index (χ1v) is 6.27. The number of hydrogen-bond acceptors (Lipinski definition) is 6. The van der Waals surface area contributed by atoms with Crippen molar-refractivity contribution in [1.29, 1.82) is 0 Å². The van der Waals surface area contributed by atoms with Crippen LogP contribution in [0.15, 0.2) is 24.3 Å². The molecule has 0 N–H and O–H groups in total. The van der Waals surface area contributed by atoms with Crippen molar-refractivity contribution in [3.05, 3.63) is 35.4 Å². The summed E-state index contributed by atoms with van der Waals surface area (Å²) in [4.78, 5) is 22.6. The number of esters is 1. The topological polar surface area (TPSA) is 86.7 Å². The first kappa shape index (κ1) is 13.2. The van der Waals surface area contributed by atoms with E-state index in [0.717, 1.165) is 6.26 Å². The molecule has 1 aromatic carbocycles. The van der Waals surface area contributed by atoms with Crippen molar-refractivity contribution >= 4 is 22.1 Å².